The molecule has 0 saturated carbocycles. The van der Waals surface area contributed by atoms with Gasteiger partial charge in [0.1, 0.15) is 30.6 Å². The number of hydrogen-bond donors (Lipinski definition) is 2. The third kappa shape index (κ3) is 7.42. The molecule has 0 aliphatic carbocycles. The monoisotopic (exact) mass is 436 g/mol. The van der Waals surface area contributed by atoms with E-state index in [-0.39, 0.29) is 25.0 Å². The number of unbranched alkanes of at least 4 members (excludes halogenated alkanes) is 2. The number of carbonyl (C=O) groups excluding carboxylic acids is 2. The summed E-state index contributed by atoms with van der Waals surface area (Å²) in [6.07, 6.45) is 0.445. The number of hydrogen-bond acceptors (Lipinski definition) is 8. The first-order chi connectivity index (χ1) is 14.7. The molecule has 11 nitrogen and oxygen atoms in total. The summed E-state index contributed by atoms with van der Waals surface area (Å²) in [4.78, 5) is 59.5. The summed E-state index contributed by atoms with van der Waals surface area (Å²) >= 11 is 0. The van der Waals surface area contributed by atoms with Gasteiger partial charge >= 0.3 is 23.6 Å². The van der Waals surface area contributed by atoms with Gasteiger partial charge in [-0.3, -0.25) is 28.7 Å². The fraction of sp³-hybridized carbons (Fsp3) is 0.550. The van der Waals surface area contributed by atoms with Gasteiger partial charge in [0.05, 0.1) is 0 Å². The summed E-state index contributed by atoms with van der Waals surface area (Å²) in [6.45, 7) is 2.30. The van der Waals surface area contributed by atoms with Crippen molar-refractivity contribution in [2.45, 2.75) is 64.4 Å². The van der Waals surface area contributed by atoms with Gasteiger partial charge in [-0.25, -0.2) is 4.79 Å². The lowest BCUT2D eigenvalue weighted by Crippen LogP contribution is -2.34. The average molecular weight is 436 g/mol. The average Bonchev–Trinajstić information content (AvgIpc) is 3.05. The van der Waals surface area contributed by atoms with Gasteiger partial charge in [-0.15, -0.1) is 0 Å². The number of aliphatic carboxylic acids is 1. The molecule has 0 aromatic carbocycles. The van der Waals surface area contributed by atoms with Crippen molar-refractivity contribution in [1.29, 1.82) is 0 Å². The summed E-state index contributed by atoms with van der Waals surface area (Å²) in [7, 11) is 0. The number of aromatic nitrogens is 2. The molecular formula is C20H24N2O9. The number of carbonyl (C=O) groups is 3. The maximum atomic E-state index is 12.3. The van der Waals surface area contributed by atoms with Gasteiger partial charge in [-0.2, -0.15) is 0 Å². The van der Waals surface area contributed by atoms with Crippen molar-refractivity contribution < 1.29 is 33.7 Å². The molecule has 1 aromatic heterocycles. The first-order valence-electron chi connectivity index (χ1n) is 9.69. The molecule has 2 rings (SSSR count). The van der Waals surface area contributed by atoms with E-state index in [0.29, 0.717) is 19.3 Å². The topological polar surface area (TPSA) is 154 Å². The van der Waals surface area contributed by atoms with Crippen molar-refractivity contribution in [3.05, 3.63) is 32.6 Å². The molecule has 0 unspecified atom stereocenters. The number of H-pyrrole nitrogens is 1. The predicted molar refractivity (Wildman–Crippen MR) is 105 cm³/mol. The van der Waals surface area contributed by atoms with Gasteiger partial charge in [0.25, 0.3) is 5.56 Å². The molecular weight excluding hydrogens is 412 g/mol. The molecule has 1 aliphatic rings. The fourth-order valence-corrected chi connectivity index (χ4v) is 2.99. The standard InChI is InChI=1S/C20H24N2O9/c1-12(23)29-11-16-15(30-13(2)24)9-17(31-16)22-10-14(19(27)21-20(22)28)7-5-3-4-6-8-18(25)26/h10,15-17H,3-4,6,8-9,11H2,1-2H3,(H,25,26)(H,21,27,28)/t15-,16+,17+/m0/s1. The molecule has 0 bridgehead atoms. The Balaban J connectivity index is 2.16. The zero-order chi connectivity index (χ0) is 23.0. The second-order valence-corrected chi connectivity index (χ2v) is 6.93. The molecule has 1 fully saturated rings. The van der Waals surface area contributed by atoms with Gasteiger partial charge in [0.2, 0.25) is 0 Å². The van der Waals surface area contributed by atoms with Crippen LogP contribution in [0.4, 0.5) is 0 Å². The summed E-state index contributed by atoms with van der Waals surface area (Å²) in [5, 5.41) is 8.61. The minimum atomic E-state index is -0.882. The third-order valence-electron chi connectivity index (χ3n) is 4.39. The summed E-state index contributed by atoms with van der Waals surface area (Å²) in [6, 6.07) is 0. The molecule has 11 heteroatoms. The lowest BCUT2D eigenvalue weighted by atomic mass is 10.2. The molecule has 1 saturated heterocycles. The first kappa shape index (κ1) is 23.9. The Morgan fingerprint density at radius 3 is 2.65 bits per heavy atom. The van der Waals surface area contributed by atoms with Crippen LogP contribution in [0.15, 0.2) is 15.8 Å². The number of carboxylic acids is 1. The van der Waals surface area contributed by atoms with Crippen molar-refractivity contribution in [3.63, 3.8) is 0 Å². The van der Waals surface area contributed by atoms with Crippen molar-refractivity contribution in [3.8, 4) is 11.8 Å². The van der Waals surface area contributed by atoms with Crippen LogP contribution in [0.1, 0.15) is 57.7 Å². The van der Waals surface area contributed by atoms with E-state index >= 15 is 0 Å². The van der Waals surface area contributed by atoms with E-state index < -0.39 is 47.6 Å². The van der Waals surface area contributed by atoms with Crippen molar-refractivity contribution in [2.24, 2.45) is 0 Å². The molecule has 0 radical (unpaired) electrons. The lowest BCUT2D eigenvalue weighted by Gasteiger charge is -2.17. The Morgan fingerprint density at radius 1 is 1.26 bits per heavy atom. The van der Waals surface area contributed by atoms with E-state index in [2.05, 4.69) is 16.8 Å². The number of esters is 2. The first-order valence-corrected chi connectivity index (χ1v) is 9.69. The van der Waals surface area contributed by atoms with E-state index in [1.54, 1.807) is 0 Å². The van der Waals surface area contributed by atoms with Crippen LogP contribution in [0.5, 0.6) is 0 Å². The highest BCUT2D eigenvalue weighted by molar-refractivity contribution is 5.67. The second-order valence-electron chi connectivity index (χ2n) is 6.93. The van der Waals surface area contributed by atoms with E-state index in [1.165, 1.54) is 20.0 Å². The molecule has 2 heterocycles. The minimum Gasteiger partial charge on any atom is -0.481 e. The van der Waals surface area contributed by atoms with Crippen molar-refractivity contribution >= 4 is 17.9 Å². The summed E-state index contributed by atoms with van der Waals surface area (Å²) < 4.78 is 17.0. The zero-order valence-corrected chi connectivity index (χ0v) is 17.2. The number of rotatable bonds is 8. The lowest BCUT2D eigenvalue weighted by molar-refractivity contribution is -0.155. The van der Waals surface area contributed by atoms with Gasteiger partial charge in [0, 0.05) is 39.3 Å². The Bertz CT molecular complexity index is 998. The van der Waals surface area contributed by atoms with Gasteiger partial charge in [-0.05, 0) is 12.8 Å². The Kier molecular flexibility index (Phi) is 8.57. The molecule has 1 aromatic rings. The van der Waals surface area contributed by atoms with Crippen LogP contribution in [-0.4, -0.2) is 51.4 Å². The molecule has 31 heavy (non-hydrogen) atoms. The van der Waals surface area contributed by atoms with E-state index in [4.69, 9.17) is 19.3 Å². The number of carboxylic acid groups (broad SMARTS) is 1. The minimum absolute atomic E-state index is 0.0360. The smallest absolute Gasteiger partial charge is 0.330 e. The Hall–Kier alpha value is -3.39. The van der Waals surface area contributed by atoms with Gasteiger partial charge in [0.15, 0.2) is 0 Å². The number of aromatic amines is 1. The van der Waals surface area contributed by atoms with Crippen LogP contribution in [0.25, 0.3) is 0 Å². The van der Waals surface area contributed by atoms with E-state index in [1.807, 2.05) is 0 Å². The molecule has 2 N–H and O–H groups in total. The number of ether oxygens (including phenoxy) is 3. The highest BCUT2D eigenvalue weighted by Gasteiger charge is 2.39. The summed E-state index contributed by atoms with van der Waals surface area (Å²) in [5.74, 6) is 3.50. The van der Waals surface area contributed by atoms with Crippen LogP contribution < -0.4 is 11.2 Å². The van der Waals surface area contributed by atoms with Gasteiger partial charge in [-0.1, -0.05) is 11.8 Å². The molecule has 1 aliphatic heterocycles. The largest absolute Gasteiger partial charge is 0.481 e. The molecule has 3 atom stereocenters. The number of nitrogens with zero attached hydrogens (tertiary/aromatic N) is 1. The normalized spacial score (nSPS) is 19.9. The quantitative estimate of drug-likeness (QED) is 0.333. The maximum absolute atomic E-state index is 12.3. The highest BCUT2D eigenvalue weighted by atomic mass is 16.6. The Labute approximate surface area is 177 Å². The molecule has 168 valence electrons. The SMILES string of the molecule is CC(=O)OC[C@H]1O[C@@H](n2cc(C#CCCCCC(=O)O)c(=O)[nH]c2=O)C[C@@H]1OC(C)=O. The van der Waals surface area contributed by atoms with Crippen LogP contribution >= 0.6 is 0 Å². The van der Waals surface area contributed by atoms with E-state index in [9.17, 15) is 24.0 Å². The second kappa shape index (κ2) is 11.1. The fourth-order valence-electron chi connectivity index (χ4n) is 2.99. The molecule has 0 amide bonds. The Morgan fingerprint density at radius 2 is 2.00 bits per heavy atom. The highest BCUT2D eigenvalue weighted by Crippen LogP contribution is 2.30. The molecule has 0 spiro atoms. The zero-order valence-electron chi connectivity index (χ0n) is 17.2. The summed E-state index contributed by atoms with van der Waals surface area (Å²) in [5.41, 5.74) is -1.35. The van der Waals surface area contributed by atoms with Crippen LogP contribution in [0, 0.1) is 11.8 Å². The predicted octanol–water partition coefficient (Wildman–Crippen LogP) is 0.315. The van der Waals surface area contributed by atoms with Crippen molar-refractivity contribution in [2.75, 3.05) is 6.61 Å². The van der Waals surface area contributed by atoms with Crippen LogP contribution in [-0.2, 0) is 28.6 Å². The number of nitrogens with one attached hydrogen (secondary N) is 1. The van der Waals surface area contributed by atoms with Crippen LogP contribution in [0.3, 0.4) is 0 Å². The van der Waals surface area contributed by atoms with Crippen LogP contribution in [0.2, 0.25) is 0 Å². The maximum Gasteiger partial charge on any atom is 0.330 e. The van der Waals surface area contributed by atoms with Crippen molar-refractivity contribution in [1.82, 2.24) is 9.55 Å². The van der Waals surface area contributed by atoms with Gasteiger partial charge < -0.3 is 19.3 Å². The third-order valence-corrected chi connectivity index (χ3v) is 4.39. The van der Waals surface area contributed by atoms with E-state index in [0.717, 1.165) is 4.57 Å².